The minimum Gasteiger partial charge on any atom is -0.493 e. The fraction of sp³-hybridized carbons (Fsp3) is 0.556. The number of piperidine rings is 1. The lowest BCUT2D eigenvalue weighted by atomic mass is 10.0. The van der Waals surface area contributed by atoms with Gasteiger partial charge in [-0.2, -0.15) is 0 Å². The highest BCUT2D eigenvalue weighted by atomic mass is 16.5. The Kier molecular flexibility index (Phi) is 4.69. The predicted molar refractivity (Wildman–Crippen MR) is 86.2 cm³/mol. The van der Waals surface area contributed by atoms with Gasteiger partial charge in [-0.15, -0.1) is 0 Å². The summed E-state index contributed by atoms with van der Waals surface area (Å²) in [5, 5.41) is 9.59. The zero-order chi connectivity index (χ0) is 15.5. The van der Waals surface area contributed by atoms with Gasteiger partial charge in [-0.3, -0.25) is 4.90 Å². The lowest BCUT2D eigenvalue weighted by Gasteiger charge is -2.32. The molecule has 0 spiro atoms. The van der Waals surface area contributed by atoms with E-state index in [2.05, 4.69) is 11.0 Å². The van der Waals surface area contributed by atoms with Gasteiger partial charge in [-0.25, -0.2) is 0 Å². The summed E-state index contributed by atoms with van der Waals surface area (Å²) in [6.45, 7) is 3.99. The van der Waals surface area contributed by atoms with Crippen molar-refractivity contribution in [3.05, 3.63) is 35.6 Å². The molecule has 0 radical (unpaired) electrons. The molecule has 0 aromatic heterocycles. The Bertz CT molecular complexity index is 547. The van der Waals surface area contributed by atoms with Gasteiger partial charge >= 0.3 is 0 Å². The van der Waals surface area contributed by atoms with Gasteiger partial charge in [-0.1, -0.05) is 18.6 Å². The number of ether oxygens (including phenoxy) is 2. The quantitative estimate of drug-likeness (QED) is 0.927. The summed E-state index contributed by atoms with van der Waals surface area (Å²) in [5.41, 5.74) is 1.18. The van der Waals surface area contributed by atoms with Crippen molar-refractivity contribution in [1.82, 2.24) is 4.90 Å². The van der Waals surface area contributed by atoms with Gasteiger partial charge in [0.25, 0.3) is 0 Å². The molecule has 1 aromatic rings. The molecule has 1 aromatic carbocycles. The molecule has 2 heterocycles. The summed E-state index contributed by atoms with van der Waals surface area (Å²) < 4.78 is 11.6. The molecular formula is C18H25NO3. The average molecular weight is 303 g/mol. The minimum absolute atomic E-state index is 0.157. The van der Waals surface area contributed by atoms with Crippen LogP contribution >= 0.6 is 0 Å². The normalized spacial score (nSPS) is 24.9. The largest absolute Gasteiger partial charge is 0.493 e. The van der Waals surface area contributed by atoms with Gasteiger partial charge < -0.3 is 14.6 Å². The lowest BCUT2D eigenvalue weighted by Crippen LogP contribution is -2.33. The van der Waals surface area contributed by atoms with Crippen LogP contribution in [0.4, 0.5) is 0 Å². The number of rotatable bonds is 4. The van der Waals surface area contributed by atoms with Gasteiger partial charge in [0.1, 0.15) is 5.76 Å². The molecule has 2 atom stereocenters. The Labute approximate surface area is 132 Å². The number of para-hydroxylation sites is 1. The number of likely N-dealkylation sites (tertiary alicyclic amines) is 1. The minimum atomic E-state index is -0.358. The van der Waals surface area contributed by atoms with Gasteiger partial charge in [0, 0.05) is 5.56 Å². The molecule has 22 heavy (non-hydrogen) atoms. The van der Waals surface area contributed by atoms with Crippen molar-refractivity contribution >= 4 is 0 Å². The summed E-state index contributed by atoms with van der Waals surface area (Å²) in [7, 11) is 1.67. The molecular weight excluding hydrogens is 278 g/mol. The lowest BCUT2D eigenvalue weighted by molar-refractivity contribution is 0.167. The van der Waals surface area contributed by atoms with Gasteiger partial charge in [-0.05, 0) is 51.4 Å². The van der Waals surface area contributed by atoms with E-state index in [1.807, 2.05) is 18.2 Å². The second-order valence-corrected chi connectivity index (χ2v) is 6.17. The van der Waals surface area contributed by atoms with E-state index in [0.717, 1.165) is 30.3 Å². The van der Waals surface area contributed by atoms with Crippen molar-refractivity contribution in [1.29, 1.82) is 0 Å². The van der Waals surface area contributed by atoms with Crippen LogP contribution in [-0.4, -0.2) is 36.3 Å². The highest BCUT2D eigenvalue weighted by Crippen LogP contribution is 2.48. The maximum atomic E-state index is 9.59. The highest BCUT2D eigenvalue weighted by molar-refractivity contribution is 5.54. The fourth-order valence-electron chi connectivity index (χ4n) is 3.34. The van der Waals surface area contributed by atoms with E-state index in [9.17, 15) is 5.11 Å². The molecule has 3 rings (SSSR count). The number of aliphatic hydroxyl groups is 1. The summed E-state index contributed by atoms with van der Waals surface area (Å²) in [6.07, 6.45) is 6.06. The third-order valence-corrected chi connectivity index (χ3v) is 4.43. The molecule has 2 aliphatic heterocycles. The Morgan fingerprint density at radius 1 is 1.36 bits per heavy atom. The smallest absolute Gasteiger partial charge is 0.174 e. The summed E-state index contributed by atoms with van der Waals surface area (Å²) in [4.78, 5) is 2.49. The van der Waals surface area contributed by atoms with E-state index in [-0.39, 0.29) is 12.1 Å². The number of aliphatic hydroxyl groups excluding tert-OH is 1. The van der Waals surface area contributed by atoms with Crippen LogP contribution in [0.1, 0.15) is 44.2 Å². The molecule has 0 saturated carbocycles. The van der Waals surface area contributed by atoms with Crippen LogP contribution in [0.3, 0.4) is 0 Å². The van der Waals surface area contributed by atoms with E-state index in [4.69, 9.17) is 9.47 Å². The van der Waals surface area contributed by atoms with Crippen molar-refractivity contribution in [2.45, 2.75) is 44.8 Å². The Hall–Kier alpha value is -1.52. The van der Waals surface area contributed by atoms with Crippen LogP contribution in [0.5, 0.6) is 11.5 Å². The molecule has 0 amide bonds. The fourth-order valence-corrected chi connectivity index (χ4v) is 3.34. The van der Waals surface area contributed by atoms with Crippen molar-refractivity contribution in [3.63, 3.8) is 0 Å². The first kappa shape index (κ1) is 15.4. The summed E-state index contributed by atoms with van der Waals surface area (Å²) in [6, 6.07) is 6.24. The summed E-state index contributed by atoms with van der Waals surface area (Å²) in [5.74, 6) is 2.54. The molecule has 120 valence electrons. The third kappa shape index (κ3) is 2.99. The van der Waals surface area contributed by atoms with Crippen LogP contribution in [0, 0.1) is 0 Å². The molecule has 1 fully saturated rings. The topological polar surface area (TPSA) is 41.9 Å². The van der Waals surface area contributed by atoms with Crippen molar-refractivity contribution < 1.29 is 14.6 Å². The van der Waals surface area contributed by atoms with Gasteiger partial charge in [0.15, 0.2) is 11.5 Å². The molecule has 4 nitrogen and oxygen atoms in total. The SMILES string of the molecule is COc1cccc2c1O/C(=C\CC(C)O)C2N1CCCCC1. The summed E-state index contributed by atoms with van der Waals surface area (Å²) >= 11 is 0. The van der Waals surface area contributed by atoms with E-state index < -0.39 is 0 Å². The second-order valence-electron chi connectivity index (χ2n) is 6.17. The van der Waals surface area contributed by atoms with Crippen molar-refractivity contribution in [2.24, 2.45) is 0 Å². The molecule has 1 saturated heterocycles. The average Bonchev–Trinajstić information content (AvgIpc) is 2.92. The number of methoxy groups -OCH3 is 1. The molecule has 4 heteroatoms. The second kappa shape index (κ2) is 6.71. The molecule has 2 aliphatic rings. The number of nitrogens with zero attached hydrogens (tertiary/aromatic N) is 1. The number of hydrogen-bond donors (Lipinski definition) is 1. The number of hydrogen-bond acceptors (Lipinski definition) is 4. The molecule has 0 aliphatic carbocycles. The van der Waals surface area contributed by atoms with Crippen LogP contribution < -0.4 is 9.47 Å². The maximum Gasteiger partial charge on any atom is 0.174 e. The number of fused-ring (bicyclic) bond motifs is 1. The van der Waals surface area contributed by atoms with Gasteiger partial charge in [0.2, 0.25) is 0 Å². The Morgan fingerprint density at radius 2 is 2.14 bits per heavy atom. The third-order valence-electron chi connectivity index (χ3n) is 4.43. The Balaban J connectivity index is 1.95. The standard InChI is InChI=1S/C18H25NO3/c1-13(20)9-10-15-17(19-11-4-3-5-12-19)14-7-6-8-16(21-2)18(14)22-15/h6-8,10,13,17,20H,3-5,9,11-12H2,1-2H3/b15-10-. The zero-order valence-electron chi connectivity index (χ0n) is 13.4. The monoisotopic (exact) mass is 303 g/mol. The zero-order valence-corrected chi connectivity index (χ0v) is 13.4. The number of benzene rings is 1. The van der Waals surface area contributed by atoms with Crippen molar-refractivity contribution in [2.75, 3.05) is 20.2 Å². The van der Waals surface area contributed by atoms with Crippen LogP contribution in [-0.2, 0) is 0 Å². The van der Waals surface area contributed by atoms with E-state index in [1.54, 1.807) is 14.0 Å². The molecule has 2 unspecified atom stereocenters. The first-order valence-electron chi connectivity index (χ1n) is 8.17. The molecule has 0 bridgehead atoms. The Morgan fingerprint density at radius 3 is 2.82 bits per heavy atom. The van der Waals surface area contributed by atoms with Crippen LogP contribution in [0.25, 0.3) is 0 Å². The van der Waals surface area contributed by atoms with Crippen LogP contribution in [0.2, 0.25) is 0 Å². The van der Waals surface area contributed by atoms with Crippen molar-refractivity contribution in [3.8, 4) is 11.5 Å². The van der Waals surface area contributed by atoms with E-state index in [0.29, 0.717) is 6.42 Å². The first-order chi connectivity index (χ1) is 10.7. The van der Waals surface area contributed by atoms with Crippen LogP contribution in [0.15, 0.2) is 30.0 Å². The predicted octanol–water partition coefficient (Wildman–Crippen LogP) is 3.27. The van der Waals surface area contributed by atoms with E-state index >= 15 is 0 Å². The highest BCUT2D eigenvalue weighted by Gasteiger charge is 2.36. The molecule has 1 N–H and O–H groups in total. The first-order valence-corrected chi connectivity index (χ1v) is 8.17. The maximum absolute atomic E-state index is 9.59. The van der Waals surface area contributed by atoms with Gasteiger partial charge in [0.05, 0.1) is 19.3 Å². The van der Waals surface area contributed by atoms with E-state index in [1.165, 1.54) is 24.8 Å².